The number of nitrogens with zero attached hydrogens (tertiary/aromatic N) is 1. The Kier molecular flexibility index (Phi) is 7.68. The van der Waals surface area contributed by atoms with Crippen molar-refractivity contribution in [2.24, 2.45) is 0 Å². The summed E-state index contributed by atoms with van der Waals surface area (Å²) >= 11 is 0. The van der Waals surface area contributed by atoms with E-state index in [1.54, 1.807) is 0 Å². The molecule has 2 aliphatic heterocycles. The van der Waals surface area contributed by atoms with Gasteiger partial charge in [0, 0.05) is 38.9 Å². The SMILES string of the molecule is C[C@H]1CNCCN1C(=O)CCOC1CCOCC1.Cl. The van der Waals surface area contributed by atoms with Crippen LogP contribution in [-0.4, -0.2) is 62.4 Å². The lowest BCUT2D eigenvalue weighted by Gasteiger charge is -2.34. The Labute approximate surface area is 121 Å². The van der Waals surface area contributed by atoms with Crippen LogP contribution in [-0.2, 0) is 14.3 Å². The number of nitrogens with one attached hydrogen (secondary N) is 1. The predicted molar refractivity (Wildman–Crippen MR) is 75.7 cm³/mol. The molecule has 0 aromatic rings. The van der Waals surface area contributed by atoms with E-state index in [2.05, 4.69) is 12.2 Å². The molecule has 0 saturated carbocycles. The highest BCUT2D eigenvalue weighted by Crippen LogP contribution is 2.11. The zero-order chi connectivity index (χ0) is 12.8. The van der Waals surface area contributed by atoms with Crippen LogP contribution in [0.3, 0.4) is 0 Å². The monoisotopic (exact) mass is 292 g/mol. The third-order valence-corrected chi connectivity index (χ3v) is 3.66. The van der Waals surface area contributed by atoms with Crippen molar-refractivity contribution in [2.75, 3.05) is 39.5 Å². The summed E-state index contributed by atoms with van der Waals surface area (Å²) in [5, 5.41) is 3.29. The first-order valence-corrected chi connectivity index (χ1v) is 6.97. The van der Waals surface area contributed by atoms with Gasteiger partial charge in [-0.2, -0.15) is 0 Å². The quantitative estimate of drug-likeness (QED) is 0.833. The molecule has 6 heteroatoms. The molecular weight excluding hydrogens is 268 g/mol. The number of rotatable bonds is 4. The van der Waals surface area contributed by atoms with Crippen LogP contribution in [0.25, 0.3) is 0 Å². The van der Waals surface area contributed by atoms with Gasteiger partial charge in [0.2, 0.25) is 5.91 Å². The fourth-order valence-electron chi connectivity index (χ4n) is 2.51. The minimum atomic E-state index is 0. The second kappa shape index (κ2) is 8.74. The van der Waals surface area contributed by atoms with Crippen molar-refractivity contribution in [3.8, 4) is 0 Å². The van der Waals surface area contributed by atoms with E-state index in [1.165, 1.54) is 0 Å². The molecule has 2 heterocycles. The summed E-state index contributed by atoms with van der Waals surface area (Å²) < 4.78 is 11.0. The van der Waals surface area contributed by atoms with Crippen LogP contribution < -0.4 is 5.32 Å². The number of halogens is 1. The van der Waals surface area contributed by atoms with Gasteiger partial charge in [0.1, 0.15) is 0 Å². The molecule has 0 aromatic carbocycles. The lowest BCUT2D eigenvalue weighted by atomic mass is 10.1. The summed E-state index contributed by atoms with van der Waals surface area (Å²) in [5.41, 5.74) is 0. The molecule has 1 N–H and O–H groups in total. The fourth-order valence-corrected chi connectivity index (χ4v) is 2.51. The van der Waals surface area contributed by atoms with Crippen LogP contribution in [0.2, 0.25) is 0 Å². The number of hydrogen-bond donors (Lipinski definition) is 1. The van der Waals surface area contributed by atoms with Gasteiger partial charge < -0.3 is 19.7 Å². The number of carbonyl (C=O) groups is 1. The molecule has 112 valence electrons. The Balaban J connectivity index is 0.00000180. The molecule has 0 radical (unpaired) electrons. The maximum absolute atomic E-state index is 12.0. The van der Waals surface area contributed by atoms with Gasteiger partial charge in [-0.3, -0.25) is 4.79 Å². The maximum atomic E-state index is 12.0. The molecule has 0 unspecified atom stereocenters. The Bertz CT molecular complexity index is 273. The van der Waals surface area contributed by atoms with Crippen molar-refractivity contribution in [3.05, 3.63) is 0 Å². The molecule has 5 nitrogen and oxygen atoms in total. The van der Waals surface area contributed by atoms with E-state index in [9.17, 15) is 4.79 Å². The average Bonchev–Trinajstić information content (AvgIpc) is 2.40. The van der Waals surface area contributed by atoms with Crippen molar-refractivity contribution < 1.29 is 14.3 Å². The molecule has 1 amide bonds. The largest absolute Gasteiger partial charge is 0.381 e. The van der Waals surface area contributed by atoms with Crippen LogP contribution in [0.5, 0.6) is 0 Å². The van der Waals surface area contributed by atoms with Gasteiger partial charge in [0.15, 0.2) is 0 Å². The smallest absolute Gasteiger partial charge is 0.225 e. The van der Waals surface area contributed by atoms with Crippen LogP contribution in [0.15, 0.2) is 0 Å². The summed E-state index contributed by atoms with van der Waals surface area (Å²) in [5.74, 6) is 0.219. The van der Waals surface area contributed by atoms with E-state index in [4.69, 9.17) is 9.47 Å². The molecule has 0 aliphatic carbocycles. The van der Waals surface area contributed by atoms with Crippen LogP contribution in [0.1, 0.15) is 26.2 Å². The van der Waals surface area contributed by atoms with Gasteiger partial charge in [-0.25, -0.2) is 0 Å². The summed E-state index contributed by atoms with van der Waals surface area (Å²) in [7, 11) is 0. The standard InChI is InChI=1S/C13H24N2O3.ClH/c1-11-10-14-5-6-15(11)13(16)4-9-18-12-2-7-17-8-3-12;/h11-12,14H,2-10H2,1H3;1H/t11-;/m0./s1. The van der Waals surface area contributed by atoms with Crippen LogP contribution >= 0.6 is 12.4 Å². The first-order chi connectivity index (χ1) is 8.77. The fraction of sp³-hybridized carbons (Fsp3) is 0.923. The lowest BCUT2D eigenvalue weighted by molar-refractivity contribution is -0.136. The molecule has 2 fully saturated rings. The Morgan fingerprint density at radius 1 is 1.42 bits per heavy atom. The molecule has 2 saturated heterocycles. The van der Waals surface area contributed by atoms with E-state index in [1.807, 2.05) is 4.90 Å². The number of ether oxygens (including phenoxy) is 2. The summed E-state index contributed by atoms with van der Waals surface area (Å²) in [6.07, 6.45) is 2.70. The van der Waals surface area contributed by atoms with E-state index >= 15 is 0 Å². The van der Waals surface area contributed by atoms with Crippen molar-refractivity contribution >= 4 is 18.3 Å². The highest BCUT2D eigenvalue weighted by Gasteiger charge is 2.23. The van der Waals surface area contributed by atoms with Crippen molar-refractivity contribution in [2.45, 2.75) is 38.3 Å². The molecular formula is C13H25ClN2O3. The number of hydrogen-bond acceptors (Lipinski definition) is 4. The van der Waals surface area contributed by atoms with E-state index in [0.29, 0.717) is 19.1 Å². The second-order valence-electron chi connectivity index (χ2n) is 5.07. The topological polar surface area (TPSA) is 50.8 Å². The molecule has 2 aliphatic rings. The Morgan fingerprint density at radius 2 is 2.16 bits per heavy atom. The maximum Gasteiger partial charge on any atom is 0.225 e. The second-order valence-corrected chi connectivity index (χ2v) is 5.07. The van der Waals surface area contributed by atoms with E-state index < -0.39 is 0 Å². The highest BCUT2D eigenvalue weighted by atomic mass is 35.5. The van der Waals surface area contributed by atoms with E-state index in [-0.39, 0.29) is 24.4 Å². The average molecular weight is 293 g/mol. The molecule has 1 atom stereocenters. The molecule has 2 rings (SSSR count). The van der Waals surface area contributed by atoms with Crippen molar-refractivity contribution in [1.29, 1.82) is 0 Å². The first kappa shape index (κ1) is 16.7. The number of carbonyl (C=O) groups excluding carboxylic acids is 1. The normalized spacial score (nSPS) is 24.9. The summed E-state index contributed by atoms with van der Waals surface area (Å²) in [4.78, 5) is 14.0. The first-order valence-electron chi connectivity index (χ1n) is 6.97. The van der Waals surface area contributed by atoms with Gasteiger partial charge >= 0.3 is 0 Å². The Hall–Kier alpha value is -0.360. The molecule has 0 spiro atoms. The van der Waals surface area contributed by atoms with E-state index in [0.717, 1.165) is 45.7 Å². The number of amides is 1. The van der Waals surface area contributed by atoms with Gasteiger partial charge in [-0.1, -0.05) is 0 Å². The van der Waals surface area contributed by atoms with Crippen LogP contribution in [0.4, 0.5) is 0 Å². The molecule has 0 aromatic heterocycles. The highest BCUT2D eigenvalue weighted by molar-refractivity contribution is 5.85. The van der Waals surface area contributed by atoms with Gasteiger partial charge in [-0.15, -0.1) is 12.4 Å². The third kappa shape index (κ3) is 5.26. The Morgan fingerprint density at radius 3 is 2.84 bits per heavy atom. The predicted octanol–water partition coefficient (Wildman–Crippen LogP) is 0.814. The lowest BCUT2D eigenvalue weighted by Crippen LogP contribution is -2.52. The van der Waals surface area contributed by atoms with Gasteiger partial charge in [0.05, 0.1) is 19.1 Å². The van der Waals surface area contributed by atoms with Crippen molar-refractivity contribution in [3.63, 3.8) is 0 Å². The van der Waals surface area contributed by atoms with Crippen LogP contribution in [0, 0.1) is 0 Å². The third-order valence-electron chi connectivity index (χ3n) is 3.66. The zero-order valence-electron chi connectivity index (χ0n) is 11.6. The summed E-state index contributed by atoms with van der Waals surface area (Å²) in [6, 6.07) is 0.300. The van der Waals surface area contributed by atoms with Crippen molar-refractivity contribution in [1.82, 2.24) is 10.2 Å². The van der Waals surface area contributed by atoms with Gasteiger partial charge in [0.25, 0.3) is 0 Å². The van der Waals surface area contributed by atoms with Gasteiger partial charge in [-0.05, 0) is 19.8 Å². The summed E-state index contributed by atoms with van der Waals surface area (Å²) in [6.45, 7) is 6.81. The zero-order valence-corrected chi connectivity index (χ0v) is 12.4. The minimum Gasteiger partial charge on any atom is -0.381 e. The minimum absolute atomic E-state index is 0. The molecule has 19 heavy (non-hydrogen) atoms. The molecule has 0 bridgehead atoms. The number of piperazine rings is 1.